The standard InChI is InChI=1S/C42H55N5O9S/c1-26-35-30(31-22-29(54-3)16-17-32(31)43-26)18-19-41(56-35)24-34-36(48)45-42(38(50)46-57(52,53)40(2)20-21-40)23-27(42)12-8-5-4-6-11-15-33(37(49)47(34)25-41)44-39(51)55-28-13-9-7-10-14-28/h8,12,16-17,22,27-28,33-34H,4-7,9-11,13-15,18-21,23-25H2,1-3H3,(H,44,51)(H,45,48)(H,46,50)/b12-8-/t27-,33+,34+,41-,42-/m1/s1. The van der Waals surface area contributed by atoms with Gasteiger partial charge in [-0.3, -0.25) is 19.1 Å². The van der Waals surface area contributed by atoms with Crippen LogP contribution in [0.3, 0.4) is 0 Å². The zero-order valence-electron chi connectivity index (χ0n) is 33.2. The number of rotatable bonds is 6. The van der Waals surface area contributed by atoms with Crippen molar-refractivity contribution in [3.63, 3.8) is 0 Å². The van der Waals surface area contributed by atoms with Crippen LogP contribution in [0.1, 0.15) is 114 Å². The second-order valence-electron chi connectivity index (χ2n) is 17.4. The number of aromatic nitrogens is 1. The van der Waals surface area contributed by atoms with Crippen LogP contribution in [0.5, 0.6) is 11.5 Å². The lowest BCUT2D eigenvalue weighted by molar-refractivity contribution is -0.141. The molecule has 3 aliphatic heterocycles. The van der Waals surface area contributed by atoms with Crippen LogP contribution < -0.4 is 24.8 Å². The van der Waals surface area contributed by atoms with Gasteiger partial charge in [0.1, 0.15) is 40.8 Å². The molecule has 308 valence electrons. The number of methoxy groups -OCH3 is 1. The molecule has 3 aliphatic carbocycles. The molecule has 4 fully saturated rings. The molecule has 6 aliphatic rings. The number of hydrogen-bond acceptors (Lipinski definition) is 10. The minimum atomic E-state index is -3.99. The number of carbonyl (C=O) groups excluding carboxylic acids is 4. The summed E-state index contributed by atoms with van der Waals surface area (Å²) >= 11 is 0. The first-order valence-corrected chi connectivity index (χ1v) is 22.2. The third-order valence-corrected chi connectivity index (χ3v) is 15.5. The van der Waals surface area contributed by atoms with Gasteiger partial charge < -0.3 is 29.7 Å². The third-order valence-electron chi connectivity index (χ3n) is 13.3. The second-order valence-corrected chi connectivity index (χ2v) is 19.6. The highest BCUT2D eigenvalue weighted by atomic mass is 32.2. The summed E-state index contributed by atoms with van der Waals surface area (Å²) in [5.74, 6) is -0.907. The predicted octanol–water partition coefficient (Wildman–Crippen LogP) is 5.04. The molecule has 2 aromatic rings. The van der Waals surface area contributed by atoms with E-state index in [0.29, 0.717) is 62.1 Å². The molecule has 3 N–H and O–H groups in total. The van der Waals surface area contributed by atoms with Crippen molar-refractivity contribution in [2.24, 2.45) is 5.92 Å². The van der Waals surface area contributed by atoms with Gasteiger partial charge in [-0.25, -0.2) is 18.2 Å². The summed E-state index contributed by atoms with van der Waals surface area (Å²) in [7, 11) is -2.38. The third kappa shape index (κ3) is 7.68. The van der Waals surface area contributed by atoms with Crippen LogP contribution in [-0.2, 0) is 35.6 Å². The van der Waals surface area contributed by atoms with E-state index in [4.69, 9.17) is 19.2 Å². The van der Waals surface area contributed by atoms with Crippen molar-refractivity contribution in [2.45, 2.75) is 151 Å². The Bertz CT molecular complexity index is 2100. The van der Waals surface area contributed by atoms with E-state index in [1.165, 1.54) is 4.90 Å². The minimum absolute atomic E-state index is 0.0596. The van der Waals surface area contributed by atoms with Crippen LogP contribution in [0.2, 0.25) is 0 Å². The lowest BCUT2D eigenvalue weighted by atomic mass is 9.87. The van der Waals surface area contributed by atoms with Crippen LogP contribution in [-0.4, -0.2) is 89.8 Å². The van der Waals surface area contributed by atoms with Crippen LogP contribution in [0, 0.1) is 12.8 Å². The predicted molar refractivity (Wildman–Crippen MR) is 211 cm³/mol. The molecule has 4 amide bonds. The van der Waals surface area contributed by atoms with Crippen molar-refractivity contribution in [3.8, 4) is 11.5 Å². The summed E-state index contributed by atoms with van der Waals surface area (Å²) in [6.45, 7) is 3.55. The summed E-state index contributed by atoms with van der Waals surface area (Å²) < 4.78 is 46.0. The molecular weight excluding hydrogens is 751 g/mol. The van der Waals surface area contributed by atoms with Crippen molar-refractivity contribution in [2.75, 3.05) is 13.7 Å². The maximum absolute atomic E-state index is 14.9. The van der Waals surface area contributed by atoms with Gasteiger partial charge in [0, 0.05) is 23.3 Å². The molecule has 57 heavy (non-hydrogen) atoms. The number of pyridine rings is 1. The molecule has 0 bridgehead atoms. The van der Waals surface area contributed by atoms with E-state index in [1.807, 2.05) is 37.3 Å². The number of sulfonamides is 1. The average Bonchev–Trinajstić information content (AvgIpc) is 4.08. The van der Waals surface area contributed by atoms with Crippen molar-refractivity contribution >= 4 is 44.7 Å². The number of nitrogens with one attached hydrogen (secondary N) is 3. The molecule has 15 heteroatoms. The maximum Gasteiger partial charge on any atom is 0.408 e. The number of benzene rings is 1. The minimum Gasteiger partial charge on any atom is -0.497 e. The fraction of sp³-hybridized carbons (Fsp3) is 0.643. The second kappa shape index (κ2) is 15.1. The molecule has 1 aromatic heterocycles. The smallest absolute Gasteiger partial charge is 0.408 e. The molecule has 1 aromatic carbocycles. The van der Waals surface area contributed by atoms with Gasteiger partial charge in [-0.1, -0.05) is 31.4 Å². The zero-order valence-corrected chi connectivity index (χ0v) is 34.0. The number of ether oxygens (including phenoxy) is 3. The Balaban J connectivity index is 1.12. The van der Waals surface area contributed by atoms with Crippen LogP contribution in [0.25, 0.3) is 10.9 Å². The molecule has 14 nitrogen and oxygen atoms in total. The van der Waals surface area contributed by atoms with Gasteiger partial charge in [-0.05, 0) is 109 Å². The number of carbonyl (C=O) groups is 4. The van der Waals surface area contributed by atoms with Crippen molar-refractivity contribution < 1.29 is 41.8 Å². The van der Waals surface area contributed by atoms with E-state index in [1.54, 1.807) is 14.0 Å². The lowest BCUT2D eigenvalue weighted by Crippen LogP contribution is -2.58. The first-order valence-electron chi connectivity index (χ1n) is 20.7. The van der Waals surface area contributed by atoms with Crippen LogP contribution >= 0.6 is 0 Å². The van der Waals surface area contributed by atoms with Gasteiger partial charge in [0.2, 0.25) is 21.8 Å². The molecule has 8 rings (SSSR count). The topological polar surface area (TPSA) is 182 Å². The molecule has 3 saturated carbocycles. The van der Waals surface area contributed by atoms with Crippen LogP contribution in [0.15, 0.2) is 30.4 Å². The number of amides is 4. The van der Waals surface area contributed by atoms with Crippen molar-refractivity contribution in [1.82, 2.24) is 25.2 Å². The van der Waals surface area contributed by atoms with Gasteiger partial charge in [0.15, 0.2) is 0 Å². The molecular formula is C42H55N5O9S. The highest BCUT2D eigenvalue weighted by molar-refractivity contribution is 7.91. The number of aryl methyl sites for hydroxylation is 2. The summed E-state index contributed by atoms with van der Waals surface area (Å²) in [5.41, 5.74) is -0.0218. The van der Waals surface area contributed by atoms with E-state index in [0.717, 1.165) is 61.4 Å². The molecule has 0 unspecified atom stereocenters. The molecule has 4 heterocycles. The summed E-state index contributed by atoms with van der Waals surface area (Å²) in [4.78, 5) is 63.2. The fourth-order valence-electron chi connectivity index (χ4n) is 9.31. The number of fused-ring (bicyclic) bond motifs is 5. The average molecular weight is 806 g/mol. The molecule has 1 spiro atoms. The van der Waals surface area contributed by atoms with Gasteiger partial charge in [-0.15, -0.1) is 0 Å². The van der Waals surface area contributed by atoms with E-state index < -0.39 is 67.7 Å². The highest BCUT2D eigenvalue weighted by Crippen LogP contribution is 2.49. The van der Waals surface area contributed by atoms with Gasteiger partial charge in [0.05, 0.1) is 29.6 Å². The largest absolute Gasteiger partial charge is 0.497 e. The fourth-order valence-corrected chi connectivity index (χ4v) is 10.6. The summed E-state index contributed by atoms with van der Waals surface area (Å²) in [6.07, 6.45) is 13.3. The van der Waals surface area contributed by atoms with E-state index in [9.17, 15) is 27.6 Å². The molecule has 1 saturated heterocycles. The Morgan fingerprint density at radius 1 is 1.02 bits per heavy atom. The monoisotopic (exact) mass is 805 g/mol. The van der Waals surface area contributed by atoms with E-state index >= 15 is 0 Å². The maximum atomic E-state index is 14.9. The molecule has 0 radical (unpaired) electrons. The van der Waals surface area contributed by atoms with Crippen molar-refractivity contribution in [3.05, 3.63) is 41.6 Å². The Hall–Kier alpha value is -4.40. The first-order chi connectivity index (χ1) is 27.3. The number of hydrogen-bond donors (Lipinski definition) is 3. The van der Waals surface area contributed by atoms with E-state index in [-0.39, 0.29) is 25.5 Å². The lowest BCUT2D eigenvalue weighted by Gasteiger charge is -2.36. The Morgan fingerprint density at radius 3 is 2.53 bits per heavy atom. The van der Waals surface area contributed by atoms with Gasteiger partial charge in [0.25, 0.3) is 5.91 Å². The summed E-state index contributed by atoms with van der Waals surface area (Å²) in [6, 6.07) is 3.68. The Morgan fingerprint density at radius 2 is 1.77 bits per heavy atom. The SMILES string of the molecule is COc1ccc2nc(C)c3c(c2c1)CC[C@]1(C[C@H]2C(=O)N[C@]4(C(=O)NS(=O)(=O)C5(C)CC5)C[C@H]4/C=C\CCCCC[C@H](NC(=O)OC4CCCCC4)C(=O)N2C1)O3. The first kappa shape index (κ1) is 39.4. The summed E-state index contributed by atoms with van der Waals surface area (Å²) in [5, 5.41) is 6.75. The zero-order chi connectivity index (χ0) is 40.2. The quantitative estimate of drug-likeness (QED) is 0.335. The number of alkyl carbamates (subject to hydrolysis) is 1. The molecule has 5 atom stereocenters. The van der Waals surface area contributed by atoms with Gasteiger partial charge in [-0.2, -0.15) is 0 Å². The number of nitrogens with zero attached hydrogens (tertiary/aromatic N) is 2. The Kier molecular flexibility index (Phi) is 10.4. The van der Waals surface area contributed by atoms with Gasteiger partial charge >= 0.3 is 6.09 Å². The van der Waals surface area contributed by atoms with Crippen LogP contribution in [0.4, 0.5) is 4.79 Å². The highest BCUT2D eigenvalue weighted by Gasteiger charge is 2.64. The normalized spacial score (nSPS) is 30.6. The van der Waals surface area contributed by atoms with Crippen molar-refractivity contribution in [1.29, 1.82) is 0 Å². The van der Waals surface area contributed by atoms with E-state index in [2.05, 4.69) is 15.4 Å². The number of allylic oxidation sites excluding steroid dienone is 1. The Labute approximate surface area is 334 Å².